The molecule has 0 aliphatic rings. The monoisotopic (exact) mass is 818 g/mol. The zero-order valence-electron chi connectivity index (χ0n) is 35.5. The Morgan fingerprint density at radius 2 is 1.10 bits per heavy atom. The molecule has 6 aromatic rings. The van der Waals surface area contributed by atoms with Crippen molar-refractivity contribution in [1.29, 1.82) is 0 Å². The van der Waals surface area contributed by atoms with E-state index in [1.165, 1.54) is 91.1 Å². The zero-order chi connectivity index (χ0) is 40.9. The number of ether oxygens (including phenoxy) is 4. The molecule has 0 saturated carbocycles. The Morgan fingerprint density at radius 3 is 1.55 bits per heavy atom. The third kappa shape index (κ3) is 11.5. The molecule has 58 heavy (non-hydrogen) atoms. The van der Waals surface area contributed by atoms with Gasteiger partial charge in [0.15, 0.2) is 6.79 Å². The van der Waals surface area contributed by atoms with Crippen molar-refractivity contribution in [3.63, 3.8) is 0 Å². The summed E-state index contributed by atoms with van der Waals surface area (Å²) in [6, 6.07) is 31.1. The maximum atomic E-state index is 12.4. The molecule has 0 radical (unpaired) electrons. The Hall–Kier alpha value is -4.17. The molecule has 0 amide bonds. The molecule has 0 spiro atoms. The predicted molar refractivity (Wildman–Crippen MR) is 246 cm³/mol. The normalized spacial score (nSPS) is 12.1. The van der Waals surface area contributed by atoms with Gasteiger partial charge in [0, 0.05) is 19.2 Å². The maximum absolute atomic E-state index is 12.4. The molecule has 1 unspecified atom stereocenters. The number of benzene rings is 4. The van der Waals surface area contributed by atoms with E-state index in [0.717, 1.165) is 48.0 Å². The summed E-state index contributed by atoms with van der Waals surface area (Å²) < 4.78 is 26.7. The highest BCUT2D eigenvalue weighted by atomic mass is 32.1. The van der Waals surface area contributed by atoms with Gasteiger partial charge in [0.05, 0.1) is 5.92 Å². The summed E-state index contributed by atoms with van der Waals surface area (Å²) in [5.74, 6) is 1.07. The molecule has 0 saturated heterocycles. The predicted octanol–water partition coefficient (Wildman–Crippen LogP) is 14.4. The fourth-order valence-electron chi connectivity index (χ4n) is 7.34. The van der Waals surface area contributed by atoms with Crippen LogP contribution >= 0.6 is 22.7 Å². The van der Waals surface area contributed by atoms with E-state index in [4.69, 9.17) is 18.9 Å². The van der Waals surface area contributed by atoms with E-state index in [2.05, 4.69) is 100 Å². The van der Waals surface area contributed by atoms with Gasteiger partial charge in [0.1, 0.15) is 30.8 Å². The van der Waals surface area contributed by atoms with Crippen LogP contribution in [0, 0.1) is 5.92 Å². The summed E-state index contributed by atoms with van der Waals surface area (Å²) in [4.78, 5) is 15.0. The fraction of sp³-hybridized carbons (Fsp3) is 0.431. The first kappa shape index (κ1) is 43.4. The number of carbonyl (C=O) groups excluding carboxylic acids is 1. The van der Waals surface area contributed by atoms with Gasteiger partial charge in [-0.25, -0.2) is 0 Å². The minimum Gasteiger partial charge on any atom is -0.491 e. The molecule has 7 heteroatoms. The van der Waals surface area contributed by atoms with Crippen molar-refractivity contribution in [3.05, 3.63) is 107 Å². The summed E-state index contributed by atoms with van der Waals surface area (Å²) >= 11 is 3.64. The Morgan fingerprint density at radius 1 is 0.603 bits per heavy atom. The van der Waals surface area contributed by atoms with Gasteiger partial charge >= 0.3 is 5.97 Å². The van der Waals surface area contributed by atoms with Crippen molar-refractivity contribution in [2.75, 3.05) is 20.0 Å². The van der Waals surface area contributed by atoms with Crippen LogP contribution in [0.15, 0.2) is 84.9 Å². The average molecular weight is 819 g/mol. The molecule has 1 atom stereocenters. The van der Waals surface area contributed by atoms with Gasteiger partial charge < -0.3 is 18.9 Å². The van der Waals surface area contributed by atoms with Crippen molar-refractivity contribution in [1.82, 2.24) is 0 Å². The number of hydrogen-bond donors (Lipinski definition) is 0. The largest absolute Gasteiger partial charge is 0.491 e. The van der Waals surface area contributed by atoms with Crippen molar-refractivity contribution in [2.24, 2.45) is 5.92 Å². The van der Waals surface area contributed by atoms with E-state index >= 15 is 0 Å². The molecule has 5 nitrogen and oxygen atoms in total. The number of thiophene rings is 2. The first-order chi connectivity index (χ1) is 28.3. The molecule has 2 aromatic heterocycles. The summed E-state index contributed by atoms with van der Waals surface area (Å²) in [6.45, 7) is 13.2. The van der Waals surface area contributed by atoms with Gasteiger partial charge in [0.2, 0.25) is 0 Å². The second kappa shape index (κ2) is 21.7. The lowest BCUT2D eigenvalue weighted by Crippen LogP contribution is -2.30. The van der Waals surface area contributed by atoms with E-state index in [1.807, 2.05) is 48.7 Å². The SMILES string of the molecule is CCCCCc1ccc(-c2cc3cc(OCC(COc4ccc5sc(-c6ccc(CCCCC)cc6CC)cc5c4)OCOC(=O)C(C)CC)ccc3s2)c(CC)c1. The van der Waals surface area contributed by atoms with Crippen LogP contribution < -0.4 is 9.47 Å². The second-order valence-electron chi connectivity index (χ2n) is 15.5. The molecule has 0 bridgehead atoms. The second-order valence-corrected chi connectivity index (χ2v) is 17.7. The first-order valence-electron chi connectivity index (χ1n) is 21.7. The van der Waals surface area contributed by atoms with Gasteiger partial charge in [-0.3, -0.25) is 4.79 Å². The lowest BCUT2D eigenvalue weighted by Gasteiger charge is -2.20. The van der Waals surface area contributed by atoms with Crippen LogP contribution in [0.4, 0.5) is 0 Å². The Balaban J connectivity index is 1.13. The highest BCUT2D eigenvalue weighted by Crippen LogP contribution is 2.39. The van der Waals surface area contributed by atoms with Crippen LogP contribution in [0.1, 0.15) is 109 Å². The van der Waals surface area contributed by atoms with Crippen LogP contribution in [0.25, 0.3) is 41.1 Å². The number of esters is 1. The number of carbonyl (C=O) groups is 1. The minimum atomic E-state index is -0.474. The first-order valence-corrected chi connectivity index (χ1v) is 23.3. The van der Waals surface area contributed by atoms with E-state index in [1.54, 1.807) is 0 Å². The molecule has 0 aliphatic heterocycles. The number of unbranched alkanes of at least 4 members (excludes halogenated alkanes) is 4. The van der Waals surface area contributed by atoms with Crippen molar-refractivity contribution in [2.45, 2.75) is 118 Å². The van der Waals surface area contributed by atoms with Gasteiger partial charge in [-0.05, 0) is 138 Å². The average Bonchev–Trinajstić information content (AvgIpc) is 3.88. The van der Waals surface area contributed by atoms with Crippen LogP contribution in [-0.4, -0.2) is 32.1 Å². The van der Waals surface area contributed by atoms with Crippen LogP contribution in [0.2, 0.25) is 0 Å². The number of aryl methyl sites for hydroxylation is 4. The number of hydrogen-bond acceptors (Lipinski definition) is 7. The molecular formula is C51H62O5S2. The van der Waals surface area contributed by atoms with Crippen LogP contribution in [0.5, 0.6) is 11.5 Å². The Bertz CT molecular complexity index is 2090. The molecule has 2 heterocycles. The molecule has 6 rings (SSSR count). The lowest BCUT2D eigenvalue weighted by molar-refractivity contribution is -0.168. The Kier molecular flexibility index (Phi) is 16.3. The summed E-state index contributed by atoms with van der Waals surface area (Å²) in [6.07, 6.45) is 12.0. The highest BCUT2D eigenvalue weighted by molar-refractivity contribution is 7.22. The van der Waals surface area contributed by atoms with Gasteiger partial charge in [0.25, 0.3) is 0 Å². The fourth-order valence-corrected chi connectivity index (χ4v) is 9.54. The van der Waals surface area contributed by atoms with Crippen LogP contribution in [-0.2, 0) is 40.0 Å². The molecule has 308 valence electrons. The molecule has 4 aromatic carbocycles. The van der Waals surface area contributed by atoms with E-state index < -0.39 is 6.10 Å². The summed E-state index contributed by atoms with van der Waals surface area (Å²) in [5.41, 5.74) is 8.30. The molecule has 0 aliphatic carbocycles. The van der Waals surface area contributed by atoms with E-state index in [-0.39, 0.29) is 31.9 Å². The van der Waals surface area contributed by atoms with Crippen molar-refractivity contribution < 1.29 is 23.7 Å². The standard InChI is InChI=1S/C51H62O5S2/c1-7-12-14-16-36-18-22-45(38(10-4)26-36)49-30-40-28-42(20-24-47(40)57-49)53-32-44(55-34-56-51(52)35(6)9-3)33-54-43-21-25-48-41(29-43)31-50(58-48)46-23-19-37(17-15-13-8-2)27-39(46)11-5/h18-31,35,44H,7-17,32-34H2,1-6H3. The smallest absolute Gasteiger partial charge is 0.310 e. The number of rotatable bonds is 23. The lowest BCUT2D eigenvalue weighted by atomic mass is 9.98. The van der Waals surface area contributed by atoms with Gasteiger partial charge in [-0.15, -0.1) is 22.7 Å². The number of fused-ring (bicyclic) bond motifs is 2. The molecule has 0 N–H and O–H groups in total. The van der Waals surface area contributed by atoms with Crippen LogP contribution in [0.3, 0.4) is 0 Å². The summed E-state index contributed by atoms with van der Waals surface area (Å²) in [7, 11) is 0. The quantitative estimate of drug-likeness (QED) is 0.0366. The highest BCUT2D eigenvalue weighted by Gasteiger charge is 2.18. The maximum Gasteiger partial charge on any atom is 0.310 e. The van der Waals surface area contributed by atoms with E-state index in [9.17, 15) is 4.79 Å². The third-order valence-corrected chi connectivity index (χ3v) is 13.4. The van der Waals surface area contributed by atoms with Gasteiger partial charge in [-0.1, -0.05) is 104 Å². The topological polar surface area (TPSA) is 54.0 Å². The molecule has 0 fully saturated rings. The van der Waals surface area contributed by atoms with E-state index in [0.29, 0.717) is 6.42 Å². The minimum absolute atomic E-state index is 0.158. The summed E-state index contributed by atoms with van der Waals surface area (Å²) in [5, 5.41) is 2.31. The van der Waals surface area contributed by atoms with Gasteiger partial charge in [-0.2, -0.15) is 0 Å². The molecular weight excluding hydrogens is 757 g/mol. The zero-order valence-corrected chi connectivity index (χ0v) is 37.1. The van der Waals surface area contributed by atoms with Crippen molar-refractivity contribution in [3.8, 4) is 32.4 Å². The third-order valence-electron chi connectivity index (χ3n) is 11.1. The Labute approximate surface area is 354 Å². The van der Waals surface area contributed by atoms with Crippen molar-refractivity contribution >= 4 is 48.8 Å².